The Kier molecular flexibility index (Phi) is 7.54. The van der Waals surface area contributed by atoms with E-state index in [1.807, 2.05) is 0 Å². The summed E-state index contributed by atoms with van der Waals surface area (Å²) in [7, 11) is 1.56. The molecule has 29 heavy (non-hydrogen) atoms. The van der Waals surface area contributed by atoms with Gasteiger partial charge in [-0.05, 0) is 29.8 Å². The van der Waals surface area contributed by atoms with E-state index in [-0.39, 0.29) is 34.1 Å². The van der Waals surface area contributed by atoms with Crippen LogP contribution in [0.2, 0.25) is 10.0 Å². The average molecular weight is 472 g/mol. The zero-order valence-corrected chi connectivity index (χ0v) is 18.4. The van der Waals surface area contributed by atoms with Crippen molar-refractivity contribution in [2.75, 3.05) is 20.3 Å². The standard InChI is InChI=1S/C20H16Cl2FNO3S2/c1-26-7-6-24-19(25)17(29-20(24)28)10-12-8-14(21)18(15(22)9-12)27-11-13-4-2-3-5-16(13)23/h2-5,8-10H,6-7,11H2,1H3/b17-10-. The van der Waals surface area contributed by atoms with Crippen LogP contribution in [0.15, 0.2) is 41.3 Å². The molecule has 1 heterocycles. The van der Waals surface area contributed by atoms with Gasteiger partial charge in [-0.25, -0.2) is 4.39 Å². The minimum absolute atomic E-state index is 0.0103. The molecule has 0 spiro atoms. The number of hydrogen-bond donors (Lipinski definition) is 0. The highest BCUT2D eigenvalue weighted by atomic mass is 35.5. The third kappa shape index (κ3) is 5.29. The van der Waals surface area contributed by atoms with E-state index < -0.39 is 0 Å². The Hall–Kier alpha value is -1.64. The Morgan fingerprint density at radius 1 is 1.24 bits per heavy atom. The van der Waals surface area contributed by atoms with Crippen molar-refractivity contribution >= 4 is 63.5 Å². The van der Waals surface area contributed by atoms with Crippen molar-refractivity contribution in [2.24, 2.45) is 0 Å². The second-order valence-corrected chi connectivity index (χ2v) is 8.51. The quantitative estimate of drug-likeness (QED) is 0.390. The maximum atomic E-state index is 13.8. The van der Waals surface area contributed by atoms with Crippen LogP contribution in [0.1, 0.15) is 11.1 Å². The second-order valence-electron chi connectivity index (χ2n) is 6.02. The lowest BCUT2D eigenvalue weighted by Crippen LogP contribution is -2.31. The molecule has 152 valence electrons. The van der Waals surface area contributed by atoms with Crippen LogP contribution in [0.3, 0.4) is 0 Å². The van der Waals surface area contributed by atoms with E-state index in [4.69, 9.17) is 44.9 Å². The summed E-state index contributed by atoms with van der Waals surface area (Å²) in [6.07, 6.45) is 1.67. The number of ether oxygens (including phenoxy) is 2. The molecule has 1 amide bonds. The molecule has 1 saturated heterocycles. The van der Waals surface area contributed by atoms with Gasteiger partial charge in [-0.1, -0.05) is 65.4 Å². The van der Waals surface area contributed by atoms with Crippen molar-refractivity contribution in [1.82, 2.24) is 4.90 Å². The Morgan fingerprint density at radius 2 is 1.93 bits per heavy atom. The lowest BCUT2D eigenvalue weighted by molar-refractivity contribution is -0.122. The molecular weight excluding hydrogens is 456 g/mol. The van der Waals surface area contributed by atoms with Crippen molar-refractivity contribution < 1.29 is 18.7 Å². The van der Waals surface area contributed by atoms with E-state index in [0.717, 1.165) is 0 Å². The van der Waals surface area contributed by atoms with Gasteiger partial charge in [0.1, 0.15) is 16.7 Å². The zero-order chi connectivity index (χ0) is 21.0. The van der Waals surface area contributed by atoms with Crippen molar-refractivity contribution in [3.05, 3.63) is 68.3 Å². The van der Waals surface area contributed by atoms with Crippen molar-refractivity contribution in [3.8, 4) is 5.75 Å². The van der Waals surface area contributed by atoms with Gasteiger partial charge < -0.3 is 9.47 Å². The van der Waals surface area contributed by atoms with Crippen LogP contribution < -0.4 is 4.74 Å². The fourth-order valence-electron chi connectivity index (χ4n) is 2.59. The van der Waals surface area contributed by atoms with Gasteiger partial charge in [-0.3, -0.25) is 9.69 Å². The van der Waals surface area contributed by atoms with Gasteiger partial charge in [0.25, 0.3) is 5.91 Å². The highest BCUT2D eigenvalue weighted by Crippen LogP contribution is 2.37. The first-order valence-electron chi connectivity index (χ1n) is 8.50. The predicted molar refractivity (Wildman–Crippen MR) is 119 cm³/mol. The van der Waals surface area contributed by atoms with Gasteiger partial charge in [0, 0.05) is 12.7 Å². The van der Waals surface area contributed by atoms with Crippen molar-refractivity contribution in [3.63, 3.8) is 0 Å². The first-order valence-corrected chi connectivity index (χ1v) is 10.5. The van der Waals surface area contributed by atoms with Crippen molar-refractivity contribution in [2.45, 2.75) is 6.61 Å². The number of thioether (sulfide) groups is 1. The monoisotopic (exact) mass is 471 g/mol. The molecule has 4 nitrogen and oxygen atoms in total. The summed E-state index contributed by atoms with van der Waals surface area (Å²) in [5.41, 5.74) is 1.02. The molecule has 1 aliphatic heterocycles. The van der Waals surface area contributed by atoms with Crippen LogP contribution >= 0.6 is 47.2 Å². The maximum Gasteiger partial charge on any atom is 0.266 e. The van der Waals surface area contributed by atoms with Crippen LogP contribution in [0.5, 0.6) is 5.75 Å². The van der Waals surface area contributed by atoms with Crippen molar-refractivity contribution in [1.29, 1.82) is 0 Å². The minimum atomic E-state index is -0.369. The molecule has 0 unspecified atom stereocenters. The second kappa shape index (κ2) is 9.91. The van der Waals surface area contributed by atoms with E-state index in [9.17, 15) is 9.18 Å². The molecule has 2 aromatic rings. The molecule has 0 aromatic heterocycles. The number of carbonyl (C=O) groups is 1. The van der Waals surface area contributed by atoms with Gasteiger partial charge in [0.15, 0.2) is 5.75 Å². The van der Waals surface area contributed by atoms with E-state index in [1.165, 1.54) is 22.7 Å². The first-order chi connectivity index (χ1) is 13.9. The van der Waals surface area contributed by atoms with Crippen LogP contribution in [0.4, 0.5) is 4.39 Å². The summed E-state index contributed by atoms with van der Waals surface area (Å²) >= 11 is 19.1. The number of amides is 1. The summed E-state index contributed by atoms with van der Waals surface area (Å²) < 4.78 is 24.9. The topological polar surface area (TPSA) is 38.8 Å². The molecule has 0 bridgehead atoms. The molecule has 2 aromatic carbocycles. The summed E-state index contributed by atoms with van der Waals surface area (Å²) in [4.78, 5) is 14.5. The third-order valence-corrected chi connectivity index (χ3v) is 5.98. The molecular formula is C20H16Cl2FNO3S2. The number of nitrogens with zero attached hydrogens (tertiary/aromatic N) is 1. The Balaban J connectivity index is 1.77. The van der Waals surface area contributed by atoms with E-state index >= 15 is 0 Å². The molecule has 1 aliphatic rings. The van der Waals surface area contributed by atoms with E-state index in [2.05, 4.69) is 0 Å². The van der Waals surface area contributed by atoms with E-state index in [0.29, 0.717) is 33.5 Å². The fourth-order valence-corrected chi connectivity index (χ4v) is 4.51. The summed E-state index contributed by atoms with van der Waals surface area (Å²) in [6, 6.07) is 9.56. The van der Waals surface area contributed by atoms with Crippen LogP contribution in [-0.2, 0) is 16.1 Å². The maximum absolute atomic E-state index is 13.8. The highest BCUT2D eigenvalue weighted by molar-refractivity contribution is 8.26. The lowest BCUT2D eigenvalue weighted by Gasteiger charge is -2.13. The summed E-state index contributed by atoms with van der Waals surface area (Å²) in [6.45, 7) is 0.776. The molecule has 0 radical (unpaired) electrons. The Labute approximate surface area is 187 Å². The smallest absolute Gasteiger partial charge is 0.266 e. The number of methoxy groups -OCH3 is 1. The largest absolute Gasteiger partial charge is 0.486 e. The van der Waals surface area contributed by atoms with Crippen LogP contribution in [-0.4, -0.2) is 35.4 Å². The molecule has 0 atom stereocenters. The summed E-state index contributed by atoms with van der Waals surface area (Å²) in [5, 5.41) is 0.518. The Morgan fingerprint density at radius 3 is 2.59 bits per heavy atom. The lowest BCUT2D eigenvalue weighted by atomic mass is 10.2. The highest BCUT2D eigenvalue weighted by Gasteiger charge is 2.31. The van der Waals surface area contributed by atoms with Crippen LogP contribution in [0.25, 0.3) is 6.08 Å². The van der Waals surface area contributed by atoms with Gasteiger partial charge in [-0.2, -0.15) is 0 Å². The minimum Gasteiger partial charge on any atom is -0.486 e. The molecule has 0 saturated carbocycles. The molecule has 1 fully saturated rings. The third-order valence-electron chi connectivity index (χ3n) is 4.04. The number of halogens is 3. The van der Waals surface area contributed by atoms with Gasteiger partial charge >= 0.3 is 0 Å². The molecule has 9 heteroatoms. The normalized spacial score (nSPS) is 15.4. The number of rotatable bonds is 7. The predicted octanol–water partition coefficient (Wildman–Crippen LogP) is 5.56. The molecule has 0 aliphatic carbocycles. The van der Waals surface area contributed by atoms with Gasteiger partial charge in [0.05, 0.1) is 28.1 Å². The number of carbonyl (C=O) groups excluding carboxylic acids is 1. The van der Waals surface area contributed by atoms with Gasteiger partial charge in [-0.15, -0.1) is 0 Å². The average Bonchev–Trinajstić information content (AvgIpc) is 2.93. The number of benzene rings is 2. The molecule has 3 rings (SSSR count). The SMILES string of the molecule is COCCN1C(=O)/C(=C/c2cc(Cl)c(OCc3ccccc3F)c(Cl)c2)SC1=S. The molecule has 0 N–H and O–H groups in total. The van der Waals surface area contributed by atoms with Crippen LogP contribution in [0, 0.1) is 5.82 Å². The zero-order valence-electron chi connectivity index (χ0n) is 15.3. The fraction of sp³-hybridized carbons (Fsp3) is 0.200. The Bertz CT molecular complexity index is 961. The van der Waals surface area contributed by atoms with E-state index in [1.54, 1.807) is 43.5 Å². The number of hydrogen-bond acceptors (Lipinski definition) is 5. The first kappa shape index (κ1) is 22.1. The number of thiocarbonyl (C=S) groups is 1. The summed E-state index contributed by atoms with van der Waals surface area (Å²) in [5.74, 6) is -0.308. The van der Waals surface area contributed by atoms with Gasteiger partial charge in [0.2, 0.25) is 0 Å².